The molecule has 0 aromatic heterocycles. The quantitative estimate of drug-likeness (QED) is 0.0346. The van der Waals surface area contributed by atoms with Gasteiger partial charge < -0.3 is 14.2 Å². The summed E-state index contributed by atoms with van der Waals surface area (Å²) in [5, 5.41) is 0. The maximum absolute atomic E-state index is 12.8. The summed E-state index contributed by atoms with van der Waals surface area (Å²) < 4.78 is 17.4. The van der Waals surface area contributed by atoms with Crippen LogP contribution in [-0.2, 0) is 23.8 Å². The van der Waals surface area contributed by atoms with Crippen LogP contribution < -0.4 is 0 Å². The molecule has 5 heteroatoms. The Hall–Kier alpha value is -2.66. The van der Waals surface area contributed by atoms with E-state index in [2.05, 4.69) is 93.7 Å². The molecule has 0 aliphatic carbocycles. The number of rotatable bonds is 50. The average Bonchev–Trinajstić information content (AvgIpc) is 3.30. The highest BCUT2D eigenvalue weighted by molar-refractivity contribution is 5.70. The van der Waals surface area contributed by atoms with E-state index in [1.807, 2.05) is 0 Å². The van der Waals surface area contributed by atoms with Gasteiger partial charge in [-0.25, -0.2) is 0 Å². The van der Waals surface area contributed by atoms with Crippen molar-refractivity contribution in [3.05, 3.63) is 72.9 Å². The Labute approximate surface area is 397 Å². The first kappa shape index (κ1) is 61.3. The number of hydrogen-bond acceptors (Lipinski definition) is 5. The van der Waals surface area contributed by atoms with Crippen LogP contribution in [0.15, 0.2) is 72.9 Å². The van der Waals surface area contributed by atoms with Crippen LogP contribution in [0.3, 0.4) is 0 Å². The standard InChI is InChI=1S/C59H104O5/c1-4-7-10-13-16-19-22-24-26-28-30-31-33-35-38-40-43-46-49-52-58(60)63-56-57(64-59(61)53-50-47-44-41-37-21-18-15-12-9-6-3)55-62-54-51-48-45-42-39-36-34-32-29-27-25-23-20-17-14-11-8-5-2/h15-20,24-27,30-31,57H,4-14,21-23,28-29,32-56H2,1-3H3/b18-15-,19-16-,20-17-,26-24-,27-25-,31-30-. The van der Waals surface area contributed by atoms with Crippen molar-refractivity contribution in [3.63, 3.8) is 0 Å². The summed E-state index contributed by atoms with van der Waals surface area (Å²) in [6.45, 7) is 7.72. The number of allylic oxidation sites excluding steroid dienone is 12. The molecule has 0 aromatic rings. The van der Waals surface area contributed by atoms with Crippen molar-refractivity contribution < 1.29 is 23.8 Å². The summed E-state index contributed by atoms with van der Waals surface area (Å²) in [4.78, 5) is 25.4. The fraction of sp³-hybridized carbons (Fsp3) is 0.763. The number of carbonyl (C=O) groups is 2. The number of ether oxygens (including phenoxy) is 3. The van der Waals surface area contributed by atoms with Crippen molar-refractivity contribution in [2.45, 2.75) is 271 Å². The van der Waals surface area contributed by atoms with Crippen molar-refractivity contribution in [1.82, 2.24) is 0 Å². The Morgan fingerprint density at radius 3 is 1.11 bits per heavy atom. The van der Waals surface area contributed by atoms with Gasteiger partial charge in [0.2, 0.25) is 0 Å². The van der Waals surface area contributed by atoms with Crippen LogP contribution in [0.5, 0.6) is 0 Å². The second-order valence-electron chi connectivity index (χ2n) is 18.1. The lowest BCUT2D eigenvalue weighted by Gasteiger charge is -2.18. The van der Waals surface area contributed by atoms with Crippen LogP contribution in [0.4, 0.5) is 0 Å². The van der Waals surface area contributed by atoms with Crippen LogP contribution in [0.1, 0.15) is 265 Å². The number of hydrogen-bond donors (Lipinski definition) is 0. The van der Waals surface area contributed by atoms with E-state index in [0.717, 1.165) is 83.5 Å². The molecular weight excluding hydrogens is 789 g/mol. The van der Waals surface area contributed by atoms with Gasteiger partial charge >= 0.3 is 11.9 Å². The first-order valence-electron chi connectivity index (χ1n) is 27.5. The lowest BCUT2D eigenvalue weighted by molar-refractivity contribution is -0.163. The van der Waals surface area contributed by atoms with Gasteiger partial charge in [-0.15, -0.1) is 0 Å². The van der Waals surface area contributed by atoms with E-state index < -0.39 is 6.10 Å². The molecule has 1 unspecified atom stereocenters. The summed E-state index contributed by atoms with van der Waals surface area (Å²) >= 11 is 0. The second kappa shape index (κ2) is 54.7. The largest absolute Gasteiger partial charge is 0.462 e. The molecule has 0 aliphatic heterocycles. The molecule has 0 aromatic carbocycles. The van der Waals surface area contributed by atoms with E-state index in [-0.39, 0.29) is 25.2 Å². The molecule has 0 fully saturated rings. The lowest BCUT2D eigenvalue weighted by atomic mass is 10.1. The van der Waals surface area contributed by atoms with Gasteiger partial charge in [-0.2, -0.15) is 0 Å². The van der Waals surface area contributed by atoms with Crippen LogP contribution >= 0.6 is 0 Å². The molecule has 0 amide bonds. The van der Waals surface area contributed by atoms with Crippen LogP contribution in [0, 0.1) is 0 Å². The zero-order valence-electron chi connectivity index (χ0n) is 42.5. The SMILES string of the molecule is CCCC/C=C\CCCCCCCC(=O)OC(COCCCCCCCCCC/C=C\C/C=C\CCCCC)COC(=O)CCCCCCCC/C=C\C/C=C\C/C=C\CCCCC. The monoisotopic (exact) mass is 893 g/mol. The van der Waals surface area contributed by atoms with Gasteiger partial charge in [0.1, 0.15) is 6.61 Å². The van der Waals surface area contributed by atoms with Gasteiger partial charge in [-0.1, -0.05) is 216 Å². The topological polar surface area (TPSA) is 61.8 Å². The molecule has 5 nitrogen and oxygen atoms in total. The summed E-state index contributed by atoms with van der Waals surface area (Å²) in [5.41, 5.74) is 0. The van der Waals surface area contributed by atoms with Gasteiger partial charge in [0.15, 0.2) is 6.10 Å². The fourth-order valence-corrected chi connectivity index (χ4v) is 7.53. The number of esters is 2. The minimum atomic E-state index is -0.551. The Morgan fingerprint density at radius 1 is 0.344 bits per heavy atom. The smallest absolute Gasteiger partial charge is 0.306 e. The molecule has 0 radical (unpaired) electrons. The van der Waals surface area contributed by atoms with Gasteiger partial charge in [-0.05, 0) is 109 Å². The zero-order valence-corrected chi connectivity index (χ0v) is 42.5. The predicted molar refractivity (Wildman–Crippen MR) is 279 cm³/mol. The minimum Gasteiger partial charge on any atom is -0.462 e. The Balaban J connectivity index is 4.26. The van der Waals surface area contributed by atoms with Crippen LogP contribution in [0.25, 0.3) is 0 Å². The molecular formula is C59H104O5. The minimum absolute atomic E-state index is 0.0712. The van der Waals surface area contributed by atoms with Gasteiger partial charge in [-0.3, -0.25) is 9.59 Å². The predicted octanol–water partition coefficient (Wildman–Crippen LogP) is 18.7. The summed E-state index contributed by atoms with van der Waals surface area (Å²) in [6.07, 6.45) is 70.5. The Kier molecular flexibility index (Phi) is 52.4. The highest BCUT2D eigenvalue weighted by atomic mass is 16.6. The van der Waals surface area contributed by atoms with Crippen molar-refractivity contribution in [3.8, 4) is 0 Å². The third kappa shape index (κ3) is 52.0. The van der Waals surface area contributed by atoms with Crippen molar-refractivity contribution in [2.75, 3.05) is 19.8 Å². The highest BCUT2D eigenvalue weighted by Crippen LogP contribution is 2.14. The van der Waals surface area contributed by atoms with Crippen LogP contribution in [-0.4, -0.2) is 37.9 Å². The molecule has 0 spiro atoms. The molecule has 0 heterocycles. The van der Waals surface area contributed by atoms with E-state index in [0.29, 0.717) is 19.4 Å². The Bertz CT molecular complexity index is 1150. The molecule has 1 atom stereocenters. The van der Waals surface area contributed by atoms with E-state index in [9.17, 15) is 9.59 Å². The average molecular weight is 893 g/mol. The first-order chi connectivity index (χ1) is 31.6. The third-order valence-corrected chi connectivity index (χ3v) is 11.7. The number of carbonyl (C=O) groups excluding carboxylic acids is 2. The van der Waals surface area contributed by atoms with E-state index in [1.165, 1.54) is 148 Å². The third-order valence-electron chi connectivity index (χ3n) is 11.7. The van der Waals surface area contributed by atoms with Crippen molar-refractivity contribution in [2.24, 2.45) is 0 Å². The van der Waals surface area contributed by atoms with Crippen LogP contribution in [0.2, 0.25) is 0 Å². The maximum atomic E-state index is 12.8. The van der Waals surface area contributed by atoms with Crippen molar-refractivity contribution in [1.29, 1.82) is 0 Å². The zero-order chi connectivity index (χ0) is 46.3. The molecule has 0 N–H and O–H groups in total. The molecule has 0 saturated carbocycles. The fourth-order valence-electron chi connectivity index (χ4n) is 7.53. The molecule has 0 bridgehead atoms. The molecule has 370 valence electrons. The lowest BCUT2D eigenvalue weighted by Crippen LogP contribution is -2.30. The molecule has 0 aliphatic rings. The van der Waals surface area contributed by atoms with Gasteiger partial charge in [0.25, 0.3) is 0 Å². The molecule has 0 saturated heterocycles. The Morgan fingerprint density at radius 2 is 0.672 bits per heavy atom. The second-order valence-corrected chi connectivity index (χ2v) is 18.1. The molecule has 0 rings (SSSR count). The normalized spacial score (nSPS) is 12.7. The summed E-state index contributed by atoms with van der Waals surface area (Å²) in [7, 11) is 0. The first-order valence-corrected chi connectivity index (χ1v) is 27.5. The van der Waals surface area contributed by atoms with E-state index >= 15 is 0 Å². The van der Waals surface area contributed by atoms with Gasteiger partial charge in [0.05, 0.1) is 6.61 Å². The highest BCUT2D eigenvalue weighted by Gasteiger charge is 2.17. The maximum Gasteiger partial charge on any atom is 0.306 e. The van der Waals surface area contributed by atoms with Crippen molar-refractivity contribution >= 4 is 11.9 Å². The van der Waals surface area contributed by atoms with E-state index in [1.54, 1.807) is 0 Å². The van der Waals surface area contributed by atoms with E-state index in [4.69, 9.17) is 14.2 Å². The molecule has 64 heavy (non-hydrogen) atoms. The van der Waals surface area contributed by atoms with Gasteiger partial charge in [0, 0.05) is 19.4 Å². The number of unbranched alkanes of at least 4 members (excludes halogenated alkanes) is 27. The summed E-state index contributed by atoms with van der Waals surface area (Å²) in [6, 6.07) is 0. The summed E-state index contributed by atoms with van der Waals surface area (Å²) in [5.74, 6) is -0.422.